The molecule has 0 fully saturated rings. The van der Waals surface area contributed by atoms with Crippen LogP contribution in [0.25, 0.3) is 11.5 Å². The molecule has 1 heterocycles. The average Bonchev–Trinajstić information content (AvgIpc) is 3.02. The number of rotatable bonds is 5. The minimum atomic E-state index is 0.120. The summed E-state index contributed by atoms with van der Waals surface area (Å²) in [6.07, 6.45) is 1.66. The van der Waals surface area contributed by atoms with E-state index >= 15 is 0 Å². The number of benzene rings is 2. The lowest BCUT2D eigenvalue weighted by molar-refractivity contribution is 0.554. The van der Waals surface area contributed by atoms with E-state index in [1.54, 1.807) is 6.26 Å². The molecule has 118 valence electrons. The van der Waals surface area contributed by atoms with Gasteiger partial charge in [-0.1, -0.05) is 47.5 Å². The van der Waals surface area contributed by atoms with E-state index in [0.717, 1.165) is 21.8 Å². The lowest BCUT2D eigenvalue weighted by Gasteiger charge is -2.14. The van der Waals surface area contributed by atoms with Crippen LogP contribution in [0.4, 0.5) is 0 Å². The zero-order chi connectivity index (χ0) is 16.2. The van der Waals surface area contributed by atoms with Crippen molar-refractivity contribution in [3.63, 3.8) is 0 Å². The van der Waals surface area contributed by atoms with Crippen LogP contribution in [0, 0.1) is 0 Å². The topological polar surface area (TPSA) is 38.1 Å². The summed E-state index contributed by atoms with van der Waals surface area (Å²) in [6.45, 7) is 2.66. The number of nitrogens with zero attached hydrogens (tertiary/aromatic N) is 1. The second-order valence-corrected chi connectivity index (χ2v) is 6.12. The van der Waals surface area contributed by atoms with Crippen LogP contribution in [0.1, 0.15) is 24.2 Å². The second-order valence-electron chi connectivity index (χ2n) is 5.28. The highest BCUT2D eigenvalue weighted by Crippen LogP contribution is 2.24. The van der Waals surface area contributed by atoms with Gasteiger partial charge in [-0.2, -0.15) is 0 Å². The van der Waals surface area contributed by atoms with Gasteiger partial charge in [0.1, 0.15) is 6.26 Å². The van der Waals surface area contributed by atoms with Crippen molar-refractivity contribution >= 4 is 23.2 Å². The normalized spacial score (nSPS) is 12.3. The van der Waals surface area contributed by atoms with Crippen LogP contribution in [0.15, 0.2) is 59.2 Å². The summed E-state index contributed by atoms with van der Waals surface area (Å²) >= 11 is 12.2. The zero-order valence-corrected chi connectivity index (χ0v) is 14.1. The molecule has 5 heteroatoms. The van der Waals surface area contributed by atoms with Gasteiger partial charge in [0.15, 0.2) is 0 Å². The fourth-order valence-electron chi connectivity index (χ4n) is 2.34. The number of hydrogen-bond acceptors (Lipinski definition) is 3. The van der Waals surface area contributed by atoms with Gasteiger partial charge in [-0.05, 0) is 36.8 Å². The first kappa shape index (κ1) is 16.1. The number of hydrogen-bond donors (Lipinski definition) is 1. The van der Waals surface area contributed by atoms with Crippen molar-refractivity contribution in [1.82, 2.24) is 10.3 Å². The second kappa shape index (κ2) is 7.18. The van der Waals surface area contributed by atoms with E-state index in [4.69, 9.17) is 27.6 Å². The van der Waals surface area contributed by atoms with Crippen LogP contribution >= 0.6 is 23.2 Å². The van der Waals surface area contributed by atoms with Gasteiger partial charge in [0.05, 0.1) is 5.69 Å². The van der Waals surface area contributed by atoms with Gasteiger partial charge in [-0.25, -0.2) is 4.98 Å². The number of aromatic nitrogens is 1. The Labute approximate surface area is 145 Å². The Morgan fingerprint density at radius 3 is 2.74 bits per heavy atom. The first-order valence-corrected chi connectivity index (χ1v) is 8.07. The van der Waals surface area contributed by atoms with Crippen LogP contribution < -0.4 is 5.32 Å². The van der Waals surface area contributed by atoms with Gasteiger partial charge in [-0.3, -0.25) is 0 Å². The molecule has 0 aliphatic rings. The van der Waals surface area contributed by atoms with Gasteiger partial charge in [0, 0.05) is 28.2 Å². The number of halogens is 2. The lowest BCUT2D eigenvalue weighted by Crippen LogP contribution is -2.18. The van der Waals surface area contributed by atoms with E-state index in [-0.39, 0.29) is 6.04 Å². The fourth-order valence-corrected chi connectivity index (χ4v) is 2.83. The Hall–Kier alpha value is -1.81. The van der Waals surface area contributed by atoms with E-state index in [2.05, 4.69) is 17.2 Å². The third-order valence-electron chi connectivity index (χ3n) is 3.58. The summed E-state index contributed by atoms with van der Waals surface area (Å²) in [7, 11) is 0. The summed E-state index contributed by atoms with van der Waals surface area (Å²) in [5, 5.41) is 4.82. The molecule has 1 N–H and O–H groups in total. The van der Waals surface area contributed by atoms with Crippen LogP contribution in [-0.4, -0.2) is 4.98 Å². The van der Waals surface area contributed by atoms with Gasteiger partial charge in [-0.15, -0.1) is 0 Å². The molecular weight excluding hydrogens is 331 g/mol. The third kappa shape index (κ3) is 3.94. The van der Waals surface area contributed by atoms with E-state index in [9.17, 15) is 0 Å². The van der Waals surface area contributed by atoms with Gasteiger partial charge in [0.25, 0.3) is 0 Å². The Morgan fingerprint density at radius 1 is 1.13 bits per heavy atom. The highest BCUT2D eigenvalue weighted by atomic mass is 35.5. The van der Waals surface area contributed by atoms with Gasteiger partial charge < -0.3 is 9.73 Å². The van der Waals surface area contributed by atoms with Crippen LogP contribution in [0.5, 0.6) is 0 Å². The maximum Gasteiger partial charge on any atom is 0.226 e. The Balaban J connectivity index is 1.67. The summed E-state index contributed by atoms with van der Waals surface area (Å²) in [5.41, 5.74) is 2.76. The minimum absolute atomic E-state index is 0.120. The molecule has 0 aliphatic heterocycles. The predicted molar refractivity (Wildman–Crippen MR) is 93.7 cm³/mol. The first-order valence-electron chi connectivity index (χ1n) is 7.31. The molecule has 3 rings (SSSR count). The van der Waals surface area contributed by atoms with Crippen molar-refractivity contribution < 1.29 is 4.42 Å². The molecule has 0 amide bonds. The summed E-state index contributed by atoms with van der Waals surface area (Å²) in [6, 6.07) is 15.4. The van der Waals surface area contributed by atoms with E-state index in [1.165, 1.54) is 0 Å². The molecule has 3 nitrogen and oxygen atoms in total. The monoisotopic (exact) mass is 346 g/mol. The Morgan fingerprint density at radius 2 is 1.96 bits per heavy atom. The summed E-state index contributed by atoms with van der Waals surface area (Å²) in [4.78, 5) is 4.49. The molecule has 1 unspecified atom stereocenters. The average molecular weight is 347 g/mol. The van der Waals surface area contributed by atoms with E-state index in [0.29, 0.717) is 17.5 Å². The molecule has 0 saturated carbocycles. The van der Waals surface area contributed by atoms with Crippen molar-refractivity contribution in [2.75, 3.05) is 0 Å². The summed E-state index contributed by atoms with van der Waals surface area (Å²) in [5.74, 6) is 0.565. The molecule has 3 aromatic rings. The van der Waals surface area contributed by atoms with Crippen molar-refractivity contribution in [2.24, 2.45) is 0 Å². The first-order chi connectivity index (χ1) is 11.1. The van der Waals surface area contributed by atoms with Crippen LogP contribution in [0.3, 0.4) is 0 Å². The van der Waals surface area contributed by atoms with Crippen molar-refractivity contribution in [3.8, 4) is 11.5 Å². The van der Waals surface area contributed by atoms with Crippen LogP contribution in [0.2, 0.25) is 10.0 Å². The molecule has 23 heavy (non-hydrogen) atoms. The maximum absolute atomic E-state index is 6.21. The predicted octanol–water partition coefficient (Wildman–Crippen LogP) is 5.50. The maximum atomic E-state index is 6.21. The van der Waals surface area contributed by atoms with Crippen molar-refractivity contribution in [1.29, 1.82) is 0 Å². The van der Waals surface area contributed by atoms with E-state index < -0.39 is 0 Å². The fraction of sp³-hybridized carbons (Fsp3) is 0.167. The van der Waals surface area contributed by atoms with Gasteiger partial charge in [0.2, 0.25) is 5.89 Å². The molecule has 0 saturated heterocycles. The summed E-state index contributed by atoms with van der Waals surface area (Å²) < 4.78 is 5.53. The number of nitrogens with one attached hydrogen (secondary N) is 1. The molecule has 0 spiro atoms. The minimum Gasteiger partial charge on any atom is -0.444 e. The Kier molecular flexibility index (Phi) is 5.01. The van der Waals surface area contributed by atoms with Crippen LogP contribution in [-0.2, 0) is 6.54 Å². The number of oxazole rings is 1. The standard InChI is InChI=1S/C18H16Cl2N2O/c1-12(16-7-2-3-8-17(16)20)21-10-15-11-23-18(22-15)13-5-4-6-14(19)9-13/h2-9,11-12,21H,10H2,1H3. The molecule has 1 aromatic heterocycles. The molecular formula is C18H16Cl2N2O. The molecule has 0 aliphatic carbocycles. The molecule has 0 radical (unpaired) electrons. The highest BCUT2D eigenvalue weighted by Gasteiger charge is 2.11. The highest BCUT2D eigenvalue weighted by molar-refractivity contribution is 6.31. The molecule has 1 atom stereocenters. The molecule has 0 bridgehead atoms. The largest absolute Gasteiger partial charge is 0.444 e. The van der Waals surface area contributed by atoms with Crippen molar-refractivity contribution in [3.05, 3.63) is 76.1 Å². The smallest absolute Gasteiger partial charge is 0.226 e. The third-order valence-corrected chi connectivity index (χ3v) is 4.16. The SMILES string of the molecule is CC(NCc1coc(-c2cccc(Cl)c2)n1)c1ccccc1Cl. The molecule has 2 aromatic carbocycles. The van der Waals surface area contributed by atoms with Crippen molar-refractivity contribution in [2.45, 2.75) is 19.5 Å². The van der Waals surface area contributed by atoms with E-state index in [1.807, 2.05) is 48.5 Å². The lowest BCUT2D eigenvalue weighted by atomic mass is 10.1. The zero-order valence-electron chi connectivity index (χ0n) is 12.6. The Bertz CT molecular complexity index is 801. The van der Waals surface area contributed by atoms with Gasteiger partial charge >= 0.3 is 0 Å². The quantitative estimate of drug-likeness (QED) is 0.662.